The van der Waals surface area contributed by atoms with E-state index < -0.39 is 6.10 Å². The van der Waals surface area contributed by atoms with Crippen LogP contribution in [0.2, 0.25) is 0 Å². The number of ether oxygens (including phenoxy) is 1. The minimum atomic E-state index is -0.445. The van der Waals surface area contributed by atoms with Gasteiger partial charge in [0.25, 0.3) is 5.91 Å². The van der Waals surface area contributed by atoms with Gasteiger partial charge in [-0.15, -0.1) is 0 Å². The van der Waals surface area contributed by atoms with Gasteiger partial charge in [0.2, 0.25) is 0 Å². The Bertz CT molecular complexity index is 761. The fourth-order valence-electron chi connectivity index (χ4n) is 4.15. The van der Waals surface area contributed by atoms with Crippen LogP contribution in [0.25, 0.3) is 10.8 Å². The monoisotopic (exact) mass is 382 g/mol. The van der Waals surface area contributed by atoms with E-state index in [-0.39, 0.29) is 5.91 Å². The van der Waals surface area contributed by atoms with Crippen molar-refractivity contribution in [2.45, 2.75) is 64.5 Å². The number of rotatable bonds is 9. The van der Waals surface area contributed by atoms with Gasteiger partial charge in [-0.2, -0.15) is 0 Å². The summed E-state index contributed by atoms with van der Waals surface area (Å²) in [5, 5.41) is 5.38. The topological polar surface area (TPSA) is 41.6 Å². The van der Waals surface area contributed by atoms with E-state index >= 15 is 0 Å². The quantitative estimate of drug-likeness (QED) is 0.635. The summed E-state index contributed by atoms with van der Waals surface area (Å²) < 4.78 is 5.99. The van der Waals surface area contributed by atoms with Gasteiger partial charge in [-0.25, -0.2) is 0 Å². The predicted molar refractivity (Wildman–Crippen MR) is 116 cm³/mol. The van der Waals surface area contributed by atoms with E-state index in [0.29, 0.717) is 13.0 Å². The summed E-state index contributed by atoms with van der Waals surface area (Å²) in [6.07, 6.45) is 6.41. The van der Waals surface area contributed by atoms with Crippen LogP contribution < -0.4 is 10.1 Å². The number of piperidine rings is 1. The second-order valence-corrected chi connectivity index (χ2v) is 7.76. The Morgan fingerprint density at radius 2 is 2.00 bits per heavy atom. The zero-order valence-electron chi connectivity index (χ0n) is 17.3. The number of hydrogen-bond donors (Lipinski definition) is 1. The number of fused-ring (bicyclic) bond motifs is 1. The standard InChI is InChI=1S/C24H34N2O2/c1-3-21-12-7-8-16-26(21)17-9-15-25-24(27)23(4-2)28-22-14-13-19-10-5-6-11-20(19)18-22/h5-6,10-11,13-14,18,21,23H,3-4,7-9,12,15-17H2,1-2H3,(H,25,27)/t21-,23+/m0/s1. The van der Waals surface area contributed by atoms with Gasteiger partial charge in [0, 0.05) is 19.1 Å². The number of benzene rings is 2. The summed E-state index contributed by atoms with van der Waals surface area (Å²) in [5.41, 5.74) is 0. The smallest absolute Gasteiger partial charge is 0.261 e. The Morgan fingerprint density at radius 1 is 1.18 bits per heavy atom. The summed E-state index contributed by atoms with van der Waals surface area (Å²) in [6.45, 7) is 7.26. The number of hydrogen-bond acceptors (Lipinski definition) is 3. The molecule has 4 nitrogen and oxygen atoms in total. The molecule has 1 amide bonds. The predicted octanol–water partition coefficient (Wildman–Crippen LogP) is 4.77. The molecule has 0 bridgehead atoms. The minimum Gasteiger partial charge on any atom is -0.481 e. The average Bonchev–Trinajstić information content (AvgIpc) is 2.75. The molecule has 2 aromatic rings. The molecule has 0 radical (unpaired) electrons. The molecule has 152 valence electrons. The van der Waals surface area contributed by atoms with Gasteiger partial charge < -0.3 is 15.0 Å². The highest BCUT2D eigenvalue weighted by Crippen LogP contribution is 2.22. The van der Waals surface area contributed by atoms with Crippen LogP contribution in [0, 0.1) is 0 Å². The third-order valence-corrected chi connectivity index (χ3v) is 5.80. The molecular formula is C24H34N2O2. The maximum absolute atomic E-state index is 12.6. The number of nitrogens with zero attached hydrogens (tertiary/aromatic N) is 1. The Morgan fingerprint density at radius 3 is 2.79 bits per heavy atom. The van der Waals surface area contributed by atoms with Gasteiger partial charge in [0.1, 0.15) is 5.75 Å². The highest BCUT2D eigenvalue weighted by Gasteiger charge is 2.21. The number of carbonyl (C=O) groups excluding carboxylic acids is 1. The summed E-state index contributed by atoms with van der Waals surface area (Å²) >= 11 is 0. The summed E-state index contributed by atoms with van der Waals surface area (Å²) in [5.74, 6) is 0.737. The van der Waals surface area contributed by atoms with Crippen molar-refractivity contribution >= 4 is 16.7 Å². The maximum atomic E-state index is 12.6. The van der Waals surface area contributed by atoms with Crippen molar-refractivity contribution in [2.24, 2.45) is 0 Å². The van der Waals surface area contributed by atoms with Gasteiger partial charge in [0.05, 0.1) is 0 Å². The lowest BCUT2D eigenvalue weighted by Gasteiger charge is -2.35. The van der Waals surface area contributed by atoms with Crippen molar-refractivity contribution in [3.05, 3.63) is 42.5 Å². The molecule has 0 spiro atoms. The molecule has 3 rings (SSSR count). The highest BCUT2D eigenvalue weighted by molar-refractivity contribution is 5.84. The summed E-state index contributed by atoms with van der Waals surface area (Å²) in [4.78, 5) is 15.2. The van der Waals surface area contributed by atoms with Gasteiger partial charge in [-0.3, -0.25) is 4.79 Å². The van der Waals surface area contributed by atoms with Crippen molar-refractivity contribution in [3.8, 4) is 5.75 Å². The number of nitrogens with one attached hydrogen (secondary N) is 1. The number of likely N-dealkylation sites (tertiary alicyclic amines) is 1. The summed E-state index contributed by atoms with van der Waals surface area (Å²) in [6, 6.07) is 14.9. The molecule has 0 aliphatic carbocycles. The first kappa shape index (κ1) is 20.7. The third kappa shape index (κ3) is 5.48. The van der Waals surface area contributed by atoms with Crippen molar-refractivity contribution in [2.75, 3.05) is 19.6 Å². The van der Waals surface area contributed by atoms with Crippen LogP contribution in [-0.2, 0) is 4.79 Å². The lowest BCUT2D eigenvalue weighted by atomic mass is 10.00. The third-order valence-electron chi connectivity index (χ3n) is 5.80. The van der Waals surface area contributed by atoms with E-state index in [9.17, 15) is 4.79 Å². The van der Waals surface area contributed by atoms with Crippen LogP contribution in [0.4, 0.5) is 0 Å². The van der Waals surface area contributed by atoms with Gasteiger partial charge in [-0.05, 0) is 61.6 Å². The van der Waals surface area contributed by atoms with Crippen LogP contribution in [0.3, 0.4) is 0 Å². The normalized spacial score (nSPS) is 18.7. The zero-order valence-corrected chi connectivity index (χ0v) is 17.3. The van der Waals surface area contributed by atoms with Crippen molar-refractivity contribution in [1.82, 2.24) is 10.2 Å². The van der Waals surface area contributed by atoms with Crippen LogP contribution >= 0.6 is 0 Å². The van der Waals surface area contributed by atoms with Crippen LogP contribution in [0.1, 0.15) is 52.4 Å². The van der Waals surface area contributed by atoms with E-state index in [4.69, 9.17) is 4.74 Å². The van der Waals surface area contributed by atoms with E-state index in [1.54, 1.807) is 0 Å². The van der Waals surface area contributed by atoms with Gasteiger partial charge >= 0.3 is 0 Å². The van der Waals surface area contributed by atoms with E-state index in [1.165, 1.54) is 37.6 Å². The van der Waals surface area contributed by atoms with Gasteiger partial charge in [-0.1, -0.05) is 50.6 Å². The Balaban J connectivity index is 1.46. The molecule has 2 aromatic carbocycles. The fourth-order valence-corrected chi connectivity index (χ4v) is 4.15. The van der Waals surface area contributed by atoms with E-state index in [2.05, 4.69) is 29.3 Å². The Kier molecular flexibility index (Phi) is 7.72. The minimum absolute atomic E-state index is 0.0126. The van der Waals surface area contributed by atoms with Crippen LogP contribution in [0.15, 0.2) is 42.5 Å². The molecule has 1 saturated heterocycles. The van der Waals surface area contributed by atoms with E-state index in [0.717, 1.165) is 30.1 Å². The van der Waals surface area contributed by atoms with Gasteiger partial charge in [0.15, 0.2) is 6.10 Å². The molecular weight excluding hydrogens is 348 g/mol. The maximum Gasteiger partial charge on any atom is 0.261 e. The molecule has 4 heteroatoms. The molecule has 1 aliphatic heterocycles. The molecule has 0 aromatic heterocycles. The molecule has 1 N–H and O–H groups in total. The number of amides is 1. The summed E-state index contributed by atoms with van der Waals surface area (Å²) in [7, 11) is 0. The second-order valence-electron chi connectivity index (χ2n) is 7.76. The molecule has 1 heterocycles. The van der Waals surface area contributed by atoms with E-state index in [1.807, 2.05) is 37.3 Å². The van der Waals surface area contributed by atoms with Crippen molar-refractivity contribution in [1.29, 1.82) is 0 Å². The molecule has 0 unspecified atom stereocenters. The SMILES string of the molecule is CC[C@H]1CCCCN1CCCNC(=O)[C@@H](CC)Oc1ccc2ccccc2c1. The van der Waals surface area contributed by atoms with Crippen LogP contribution in [-0.4, -0.2) is 42.6 Å². The molecule has 2 atom stereocenters. The van der Waals surface area contributed by atoms with Crippen LogP contribution in [0.5, 0.6) is 5.75 Å². The lowest BCUT2D eigenvalue weighted by Crippen LogP contribution is -2.42. The Labute approximate surface area is 169 Å². The molecule has 28 heavy (non-hydrogen) atoms. The highest BCUT2D eigenvalue weighted by atomic mass is 16.5. The first-order chi connectivity index (χ1) is 13.7. The molecule has 1 fully saturated rings. The molecule has 1 aliphatic rings. The lowest BCUT2D eigenvalue weighted by molar-refractivity contribution is -0.128. The average molecular weight is 383 g/mol. The Hall–Kier alpha value is -2.07. The molecule has 0 saturated carbocycles. The number of carbonyl (C=O) groups is 1. The largest absolute Gasteiger partial charge is 0.481 e. The first-order valence-electron chi connectivity index (χ1n) is 10.9. The van der Waals surface area contributed by atoms with Crippen molar-refractivity contribution in [3.63, 3.8) is 0 Å². The zero-order chi connectivity index (χ0) is 19.8. The first-order valence-corrected chi connectivity index (χ1v) is 10.9. The second kappa shape index (κ2) is 10.5. The fraction of sp³-hybridized carbons (Fsp3) is 0.542. The van der Waals surface area contributed by atoms with Crippen molar-refractivity contribution < 1.29 is 9.53 Å².